The summed E-state index contributed by atoms with van der Waals surface area (Å²) < 4.78 is 10.6. The van der Waals surface area contributed by atoms with E-state index in [0.717, 1.165) is 32.1 Å². The molecule has 24 heavy (non-hydrogen) atoms. The Labute approximate surface area is 145 Å². The number of ether oxygens (including phenoxy) is 2. The van der Waals surface area contributed by atoms with Gasteiger partial charge in [-0.05, 0) is 25.7 Å². The van der Waals surface area contributed by atoms with Gasteiger partial charge in [0.05, 0.1) is 11.8 Å². The highest BCUT2D eigenvalue weighted by Crippen LogP contribution is 2.27. The Kier molecular flexibility index (Phi) is 10.6. The first-order chi connectivity index (χ1) is 11.7. The highest BCUT2D eigenvalue weighted by Gasteiger charge is 2.35. The number of allylic oxidation sites excluding steroid dienone is 3. The summed E-state index contributed by atoms with van der Waals surface area (Å²) in [5.41, 5.74) is 0. The van der Waals surface area contributed by atoms with Gasteiger partial charge in [-0.3, -0.25) is 9.59 Å². The predicted octanol–water partition coefficient (Wildman–Crippen LogP) is 4.37. The molecule has 0 aromatic rings. The monoisotopic (exact) mass is 334 g/mol. The molecule has 0 amide bonds. The van der Waals surface area contributed by atoms with Crippen LogP contribution in [0.15, 0.2) is 36.5 Å². The van der Waals surface area contributed by atoms with E-state index in [9.17, 15) is 9.59 Å². The van der Waals surface area contributed by atoms with E-state index in [4.69, 9.17) is 9.47 Å². The van der Waals surface area contributed by atoms with Gasteiger partial charge in [-0.15, -0.1) is 0 Å². The lowest BCUT2D eigenvalue weighted by Crippen LogP contribution is -2.33. The first kappa shape index (κ1) is 20.2. The second kappa shape index (κ2) is 12.6. The molecule has 4 heteroatoms. The van der Waals surface area contributed by atoms with Crippen LogP contribution in [0.2, 0.25) is 0 Å². The number of esters is 2. The summed E-state index contributed by atoms with van der Waals surface area (Å²) in [6.45, 7) is 4.71. The Morgan fingerprint density at radius 3 is 2.12 bits per heavy atom. The van der Waals surface area contributed by atoms with Gasteiger partial charge >= 0.3 is 11.9 Å². The molecule has 0 aromatic carbocycles. The number of unbranched alkanes of at least 4 members (excludes halogenated alkanes) is 2. The molecule has 0 spiro atoms. The van der Waals surface area contributed by atoms with E-state index in [2.05, 4.69) is 13.8 Å². The van der Waals surface area contributed by atoms with Crippen LogP contribution < -0.4 is 0 Å². The van der Waals surface area contributed by atoms with Gasteiger partial charge in [0.25, 0.3) is 0 Å². The zero-order valence-electron chi connectivity index (χ0n) is 14.9. The summed E-state index contributed by atoms with van der Waals surface area (Å²) in [5.74, 6) is -1.65. The van der Waals surface area contributed by atoms with Crippen molar-refractivity contribution in [2.24, 2.45) is 11.8 Å². The molecule has 1 aliphatic rings. The van der Waals surface area contributed by atoms with Crippen LogP contribution in [0.1, 0.15) is 52.4 Å². The van der Waals surface area contributed by atoms with E-state index < -0.39 is 11.8 Å². The Bertz CT molecular complexity index is 462. The van der Waals surface area contributed by atoms with Crippen molar-refractivity contribution in [3.63, 3.8) is 0 Å². The number of hydrogen-bond donors (Lipinski definition) is 0. The van der Waals surface area contributed by atoms with Gasteiger partial charge in [-0.2, -0.15) is 0 Å². The van der Waals surface area contributed by atoms with Crippen LogP contribution in [0.25, 0.3) is 0 Å². The zero-order chi connectivity index (χ0) is 17.6. The molecule has 0 radical (unpaired) electrons. The third kappa shape index (κ3) is 7.62. The first-order valence-electron chi connectivity index (χ1n) is 9.00. The second-order valence-corrected chi connectivity index (χ2v) is 5.92. The molecule has 0 aromatic heterocycles. The molecule has 0 N–H and O–H groups in total. The van der Waals surface area contributed by atoms with Gasteiger partial charge in [0.2, 0.25) is 0 Å². The van der Waals surface area contributed by atoms with Crippen molar-refractivity contribution in [2.75, 3.05) is 13.2 Å². The van der Waals surface area contributed by atoms with E-state index in [-0.39, 0.29) is 25.2 Å². The fourth-order valence-corrected chi connectivity index (χ4v) is 2.51. The number of hydrogen-bond acceptors (Lipinski definition) is 4. The molecule has 0 heterocycles. The molecule has 0 saturated heterocycles. The maximum atomic E-state index is 12.2. The molecule has 1 aliphatic carbocycles. The van der Waals surface area contributed by atoms with Crippen molar-refractivity contribution in [1.82, 2.24) is 0 Å². The van der Waals surface area contributed by atoms with Crippen LogP contribution in [-0.4, -0.2) is 25.2 Å². The van der Waals surface area contributed by atoms with Gasteiger partial charge in [0, 0.05) is 0 Å². The van der Waals surface area contributed by atoms with Crippen molar-refractivity contribution in [2.45, 2.75) is 52.4 Å². The van der Waals surface area contributed by atoms with E-state index in [0.29, 0.717) is 6.42 Å². The third-order valence-corrected chi connectivity index (χ3v) is 3.88. The van der Waals surface area contributed by atoms with Crippen molar-refractivity contribution in [1.29, 1.82) is 0 Å². The summed E-state index contributed by atoms with van der Waals surface area (Å²) in [6, 6.07) is 0. The number of rotatable bonds is 10. The van der Waals surface area contributed by atoms with Crippen molar-refractivity contribution < 1.29 is 19.1 Å². The van der Waals surface area contributed by atoms with Crippen LogP contribution in [0.5, 0.6) is 0 Å². The smallest absolute Gasteiger partial charge is 0.313 e. The summed E-state index contributed by atoms with van der Waals surface area (Å²) >= 11 is 0. The van der Waals surface area contributed by atoms with E-state index >= 15 is 0 Å². The van der Waals surface area contributed by atoms with Gasteiger partial charge in [-0.1, -0.05) is 63.1 Å². The first-order valence-corrected chi connectivity index (χ1v) is 9.00. The van der Waals surface area contributed by atoms with Crippen molar-refractivity contribution in [3.8, 4) is 0 Å². The minimum Gasteiger partial charge on any atom is -0.461 e. The minimum atomic E-state index is -0.537. The summed E-state index contributed by atoms with van der Waals surface area (Å²) in [7, 11) is 0. The Balaban J connectivity index is 2.48. The molecule has 1 rings (SSSR count). The quantitative estimate of drug-likeness (QED) is 0.440. The summed E-state index contributed by atoms with van der Waals surface area (Å²) in [6.07, 6.45) is 16.9. The molecule has 2 atom stereocenters. The SMILES string of the molecule is CCC/C=C/COC(=O)C1C=CCCC1C(=O)OC/C=C/CCC. The minimum absolute atomic E-state index is 0.255. The van der Waals surface area contributed by atoms with Crippen LogP contribution in [0, 0.1) is 11.8 Å². The molecular formula is C20H30O4. The summed E-state index contributed by atoms with van der Waals surface area (Å²) in [5, 5.41) is 0. The second-order valence-electron chi connectivity index (χ2n) is 5.92. The largest absolute Gasteiger partial charge is 0.461 e. The average Bonchev–Trinajstić information content (AvgIpc) is 2.61. The third-order valence-electron chi connectivity index (χ3n) is 3.88. The fraction of sp³-hybridized carbons (Fsp3) is 0.600. The number of carbonyl (C=O) groups is 2. The molecule has 0 bridgehead atoms. The normalized spacial score (nSPS) is 20.6. The Morgan fingerprint density at radius 1 is 0.958 bits per heavy atom. The predicted molar refractivity (Wildman–Crippen MR) is 95.4 cm³/mol. The van der Waals surface area contributed by atoms with Crippen molar-refractivity contribution in [3.05, 3.63) is 36.5 Å². The molecule has 4 nitrogen and oxygen atoms in total. The van der Waals surface area contributed by atoms with E-state index in [1.54, 1.807) is 6.08 Å². The lowest BCUT2D eigenvalue weighted by molar-refractivity contribution is -0.158. The van der Waals surface area contributed by atoms with Crippen molar-refractivity contribution >= 4 is 11.9 Å². The topological polar surface area (TPSA) is 52.6 Å². The lowest BCUT2D eigenvalue weighted by Gasteiger charge is -2.24. The molecule has 0 saturated carbocycles. The molecule has 0 fully saturated rings. The fourth-order valence-electron chi connectivity index (χ4n) is 2.51. The maximum Gasteiger partial charge on any atom is 0.313 e. The van der Waals surface area contributed by atoms with Crippen LogP contribution >= 0.6 is 0 Å². The average molecular weight is 334 g/mol. The van der Waals surface area contributed by atoms with Gasteiger partial charge in [0.15, 0.2) is 0 Å². The highest BCUT2D eigenvalue weighted by molar-refractivity contribution is 5.84. The molecular weight excluding hydrogens is 304 g/mol. The van der Waals surface area contributed by atoms with E-state index in [1.807, 2.05) is 30.4 Å². The van der Waals surface area contributed by atoms with Crippen LogP contribution in [0.3, 0.4) is 0 Å². The van der Waals surface area contributed by atoms with Gasteiger partial charge in [-0.25, -0.2) is 0 Å². The molecule has 2 unspecified atom stereocenters. The molecule has 134 valence electrons. The van der Waals surface area contributed by atoms with Crippen LogP contribution in [-0.2, 0) is 19.1 Å². The van der Waals surface area contributed by atoms with Gasteiger partial charge < -0.3 is 9.47 Å². The highest BCUT2D eigenvalue weighted by atomic mass is 16.5. The Morgan fingerprint density at radius 2 is 1.54 bits per heavy atom. The number of carbonyl (C=O) groups excluding carboxylic acids is 2. The standard InChI is InChI=1S/C20H30O4/c1-3-5-7-11-15-23-19(21)17-13-9-10-14-18(17)20(22)24-16-12-8-6-4-2/h7-9,11-13,17-18H,3-6,10,14-16H2,1-2H3/b11-7+,12-8+. The summed E-state index contributed by atoms with van der Waals surface area (Å²) in [4.78, 5) is 24.5. The maximum absolute atomic E-state index is 12.2. The lowest BCUT2D eigenvalue weighted by atomic mass is 9.84. The molecule has 0 aliphatic heterocycles. The Hall–Kier alpha value is -1.84. The zero-order valence-corrected chi connectivity index (χ0v) is 14.9. The van der Waals surface area contributed by atoms with Gasteiger partial charge in [0.1, 0.15) is 13.2 Å². The van der Waals surface area contributed by atoms with Crippen LogP contribution in [0.4, 0.5) is 0 Å². The van der Waals surface area contributed by atoms with E-state index in [1.165, 1.54) is 0 Å².